The Balaban J connectivity index is 3.68. The highest BCUT2D eigenvalue weighted by Crippen LogP contribution is 1.77. The van der Waals surface area contributed by atoms with Crippen molar-refractivity contribution in [3.63, 3.8) is 0 Å². The molecule has 4 nitrogen and oxygen atoms in total. The average Bonchev–Trinajstić information content (AvgIpc) is 1.36. The van der Waals surface area contributed by atoms with Gasteiger partial charge in [0.1, 0.15) is 0 Å². The van der Waals surface area contributed by atoms with Crippen LogP contribution in [0.5, 0.6) is 0 Å². The first-order valence-corrected chi connectivity index (χ1v) is 1.21. The van der Waals surface area contributed by atoms with Crippen LogP contribution in [0.25, 0.3) is 0 Å². The lowest BCUT2D eigenvalue weighted by Crippen LogP contribution is -1.99. The SMILES string of the molecule is NC(O)=C(O)O. The van der Waals surface area contributed by atoms with Crippen LogP contribution in [-0.2, 0) is 0 Å². The molecule has 0 aromatic rings. The monoisotopic (exact) mass is 91.0 g/mol. The molecule has 0 fully saturated rings. The number of aliphatic hydroxyl groups is 3. The first kappa shape index (κ1) is 4.94. The summed E-state index contributed by atoms with van der Waals surface area (Å²) in [4.78, 5) is 0. The van der Waals surface area contributed by atoms with E-state index in [1.165, 1.54) is 0 Å². The molecular formula is C2H5NO3. The first-order chi connectivity index (χ1) is 2.64. The highest BCUT2D eigenvalue weighted by Gasteiger charge is 1.87. The lowest BCUT2D eigenvalue weighted by atomic mass is 10.9. The highest BCUT2D eigenvalue weighted by atomic mass is 16.5. The molecule has 0 aliphatic heterocycles. The summed E-state index contributed by atoms with van der Waals surface area (Å²) in [5, 5.41) is 23.2. The van der Waals surface area contributed by atoms with E-state index in [9.17, 15) is 0 Å². The third-order valence-corrected chi connectivity index (χ3v) is 0.229. The highest BCUT2D eigenvalue weighted by molar-refractivity contribution is 4.80. The van der Waals surface area contributed by atoms with E-state index in [0.29, 0.717) is 0 Å². The Hall–Kier alpha value is -1.06. The minimum absolute atomic E-state index is 0.963. The zero-order valence-corrected chi connectivity index (χ0v) is 2.92. The van der Waals surface area contributed by atoms with Crippen molar-refractivity contribution in [2.45, 2.75) is 0 Å². The molecule has 5 N–H and O–H groups in total. The summed E-state index contributed by atoms with van der Waals surface area (Å²) in [6.45, 7) is 0. The Kier molecular flexibility index (Phi) is 1.15. The number of rotatable bonds is 0. The van der Waals surface area contributed by atoms with Gasteiger partial charge in [0.25, 0.3) is 5.88 Å². The fraction of sp³-hybridized carbons (Fsp3) is 0. The summed E-state index contributed by atoms with van der Waals surface area (Å²) in [5.74, 6) is -2.20. The van der Waals surface area contributed by atoms with Gasteiger partial charge in [-0.15, -0.1) is 0 Å². The minimum atomic E-state index is -1.24. The number of aliphatic hydroxyl groups excluding tert-OH is 2. The molecule has 6 heavy (non-hydrogen) atoms. The summed E-state index contributed by atoms with van der Waals surface area (Å²) in [7, 11) is 0. The lowest BCUT2D eigenvalue weighted by Gasteiger charge is -1.84. The molecule has 0 aliphatic rings. The molecule has 36 valence electrons. The second kappa shape index (κ2) is 1.40. The fourth-order valence-corrected chi connectivity index (χ4v) is 0. The van der Waals surface area contributed by atoms with Gasteiger partial charge in [0, 0.05) is 0 Å². The molecule has 0 aromatic carbocycles. The summed E-state index contributed by atoms with van der Waals surface area (Å²) >= 11 is 0. The maximum Gasteiger partial charge on any atom is 0.336 e. The lowest BCUT2D eigenvalue weighted by molar-refractivity contribution is 0.157. The van der Waals surface area contributed by atoms with Crippen molar-refractivity contribution in [3.05, 3.63) is 11.8 Å². The Morgan fingerprint density at radius 1 is 1.17 bits per heavy atom. The van der Waals surface area contributed by atoms with Crippen LogP contribution in [0.15, 0.2) is 11.8 Å². The largest absolute Gasteiger partial charge is 0.490 e. The van der Waals surface area contributed by atoms with Gasteiger partial charge in [-0.25, -0.2) is 0 Å². The predicted molar refractivity (Wildman–Crippen MR) is 19.1 cm³/mol. The topological polar surface area (TPSA) is 86.7 Å². The molecule has 0 saturated carbocycles. The van der Waals surface area contributed by atoms with E-state index in [-0.39, 0.29) is 0 Å². The van der Waals surface area contributed by atoms with E-state index in [1.807, 2.05) is 0 Å². The number of nitrogens with two attached hydrogens (primary N) is 1. The zero-order valence-electron chi connectivity index (χ0n) is 2.92. The van der Waals surface area contributed by atoms with Crippen LogP contribution in [0.1, 0.15) is 0 Å². The summed E-state index contributed by atoms with van der Waals surface area (Å²) in [6, 6.07) is 0. The van der Waals surface area contributed by atoms with Crippen molar-refractivity contribution in [3.8, 4) is 0 Å². The number of hydrogen-bond donors (Lipinski definition) is 4. The molecule has 0 radical (unpaired) electrons. The third kappa shape index (κ3) is 1.28. The van der Waals surface area contributed by atoms with Crippen LogP contribution in [0.4, 0.5) is 0 Å². The van der Waals surface area contributed by atoms with Crippen molar-refractivity contribution in [1.29, 1.82) is 0 Å². The van der Waals surface area contributed by atoms with Crippen LogP contribution < -0.4 is 5.73 Å². The maximum atomic E-state index is 7.79. The quantitative estimate of drug-likeness (QED) is 0.309. The normalized spacial score (nSPS) is 7.33. The van der Waals surface area contributed by atoms with Crippen molar-refractivity contribution < 1.29 is 15.3 Å². The molecular weight excluding hydrogens is 86.0 g/mol. The molecule has 0 aliphatic carbocycles. The van der Waals surface area contributed by atoms with E-state index >= 15 is 0 Å². The van der Waals surface area contributed by atoms with Crippen LogP contribution in [0.2, 0.25) is 0 Å². The molecule has 0 atom stereocenters. The Bertz CT molecular complexity index is 58.9. The van der Waals surface area contributed by atoms with Gasteiger partial charge in [-0.1, -0.05) is 0 Å². The standard InChI is InChI=1S/C2H5NO3/c3-1(4)2(5)6/h4-6H,3H2. The molecule has 0 saturated heterocycles. The van der Waals surface area contributed by atoms with Crippen LogP contribution >= 0.6 is 0 Å². The fourth-order valence-electron chi connectivity index (χ4n) is 0. The summed E-state index contributed by atoms with van der Waals surface area (Å²) < 4.78 is 0. The number of hydrogen-bond acceptors (Lipinski definition) is 4. The molecule has 0 amide bonds. The Labute approximate surface area is 34.1 Å². The van der Waals surface area contributed by atoms with E-state index in [0.717, 1.165) is 0 Å². The molecule has 0 aromatic heterocycles. The van der Waals surface area contributed by atoms with Gasteiger partial charge in [0.2, 0.25) is 0 Å². The Morgan fingerprint density at radius 2 is 1.33 bits per heavy atom. The van der Waals surface area contributed by atoms with Gasteiger partial charge in [0.15, 0.2) is 0 Å². The second-order valence-electron chi connectivity index (χ2n) is 0.709. The van der Waals surface area contributed by atoms with Gasteiger partial charge in [-0.05, 0) is 0 Å². The van der Waals surface area contributed by atoms with Crippen LogP contribution in [0.3, 0.4) is 0 Å². The van der Waals surface area contributed by atoms with Gasteiger partial charge in [-0.2, -0.15) is 0 Å². The van der Waals surface area contributed by atoms with Crippen molar-refractivity contribution >= 4 is 0 Å². The van der Waals surface area contributed by atoms with Crippen molar-refractivity contribution in [2.75, 3.05) is 0 Å². The third-order valence-electron chi connectivity index (χ3n) is 0.229. The van der Waals surface area contributed by atoms with Crippen molar-refractivity contribution in [2.24, 2.45) is 5.73 Å². The zero-order chi connectivity index (χ0) is 5.15. The van der Waals surface area contributed by atoms with E-state index < -0.39 is 11.8 Å². The molecule has 4 heteroatoms. The van der Waals surface area contributed by atoms with E-state index in [2.05, 4.69) is 5.73 Å². The van der Waals surface area contributed by atoms with Crippen molar-refractivity contribution in [1.82, 2.24) is 0 Å². The summed E-state index contributed by atoms with van der Waals surface area (Å²) in [6.07, 6.45) is 0. The molecule has 0 spiro atoms. The summed E-state index contributed by atoms with van der Waals surface area (Å²) in [5.41, 5.74) is 4.37. The van der Waals surface area contributed by atoms with Gasteiger partial charge in [0.05, 0.1) is 0 Å². The smallest absolute Gasteiger partial charge is 0.336 e. The van der Waals surface area contributed by atoms with Gasteiger partial charge in [-0.3, -0.25) is 0 Å². The van der Waals surface area contributed by atoms with Crippen LogP contribution in [-0.4, -0.2) is 15.3 Å². The van der Waals surface area contributed by atoms with Crippen LogP contribution in [0, 0.1) is 0 Å². The predicted octanol–water partition coefficient (Wildman–Crippen LogP) is -0.254. The van der Waals surface area contributed by atoms with E-state index in [1.54, 1.807) is 0 Å². The average molecular weight is 91.1 g/mol. The molecule has 0 rings (SSSR count). The molecule has 0 bridgehead atoms. The van der Waals surface area contributed by atoms with Gasteiger partial charge >= 0.3 is 5.95 Å². The van der Waals surface area contributed by atoms with E-state index in [4.69, 9.17) is 15.3 Å². The minimum Gasteiger partial charge on any atom is -0.490 e. The second-order valence-corrected chi connectivity index (χ2v) is 0.709. The molecule has 0 heterocycles. The maximum absolute atomic E-state index is 7.79. The molecule has 0 unspecified atom stereocenters. The first-order valence-electron chi connectivity index (χ1n) is 1.21. The van der Waals surface area contributed by atoms with Gasteiger partial charge < -0.3 is 21.1 Å². The Morgan fingerprint density at radius 3 is 1.33 bits per heavy atom.